The third kappa shape index (κ3) is 9.71. The first-order chi connectivity index (χ1) is 24.9. The maximum Gasteiger partial charge on any atom is 0.330 e. The van der Waals surface area contributed by atoms with Crippen LogP contribution in [-0.4, -0.2) is 84.5 Å². The lowest BCUT2D eigenvalue weighted by atomic mass is 9.90. The van der Waals surface area contributed by atoms with Crippen LogP contribution in [0.3, 0.4) is 0 Å². The van der Waals surface area contributed by atoms with Crippen molar-refractivity contribution in [2.75, 3.05) is 13.2 Å². The zero-order valence-electron chi connectivity index (χ0n) is 31.8. The third-order valence-electron chi connectivity index (χ3n) is 9.19. The number of nitrogens with zero attached hydrogens (tertiary/aromatic N) is 6. The summed E-state index contributed by atoms with van der Waals surface area (Å²) in [6, 6.07) is 0.685. The molecule has 0 saturated heterocycles. The van der Waals surface area contributed by atoms with E-state index in [0.717, 1.165) is 33.7 Å². The zero-order valence-corrected chi connectivity index (χ0v) is 31.8. The first-order valence-electron chi connectivity index (χ1n) is 18.4. The minimum atomic E-state index is -1.22. The average molecular weight is 720 g/mol. The molecule has 0 saturated carbocycles. The molecule has 0 aliphatic rings. The maximum absolute atomic E-state index is 14.5. The van der Waals surface area contributed by atoms with E-state index >= 15 is 0 Å². The Morgan fingerprint density at radius 2 is 1.63 bits per heavy atom. The number of nitrogens with one attached hydrogen (secondary N) is 2. The zero-order chi connectivity index (χ0) is 37.9. The average Bonchev–Trinajstić information content (AvgIpc) is 3.59. The van der Waals surface area contributed by atoms with Gasteiger partial charge in [-0.05, 0) is 57.9 Å². The largest absolute Gasteiger partial charge is 0.464 e. The van der Waals surface area contributed by atoms with E-state index in [9.17, 15) is 19.2 Å². The fraction of sp³-hybridized carbons (Fsp3) is 0.579. The molecule has 0 fully saturated rings. The van der Waals surface area contributed by atoms with Crippen LogP contribution in [0.1, 0.15) is 85.3 Å². The van der Waals surface area contributed by atoms with Crippen molar-refractivity contribution in [3.8, 4) is 0 Å². The summed E-state index contributed by atoms with van der Waals surface area (Å²) in [4.78, 5) is 73.4. The summed E-state index contributed by atoms with van der Waals surface area (Å²) in [6.07, 6.45) is 8.36. The number of rotatable bonds is 19. The third-order valence-corrected chi connectivity index (χ3v) is 9.19. The summed E-state index contributed by atoms with van der Waals surface area (Å²) in [5.41, 5.74) is 3.57. The lowest BCUT2D eigenvalue weighted by Crippen LogP contribution is -2.63. The number of pyridine rings is 2. The molecule has 4 aromatic heterocycles. The molecule has 4 heterocycles. The molecule has 3 atom stereocenters. The first kappa shape index (κ1) is 39.9. The Kier molecular flexibility index (Phi) is 14.2. The van der Waals surface area contributed by atoms with Crippen LogP contribution >= 0.6 is 0 Å². The second-order valence-electron chi connectivity index (χ2n) is 13.9. The number of hydrogen-bond donors (Lipinski definition) is 2. The van der Waals surface area contributed by atoms with E-state index in [2.05, 4.69) is 29.8 Å². The number of hydrogen-bond acceptors (Lipinski definition) is 9. The molecule has 0 aliphatic heterocycles. The highest BCUT2D eigenvalue weighted by atomic mass is 16.5. The molecule has 282 valence electrons. The van der Waals surface area contributed by atoms with Gasteiger partial charge in [0.25, 0.3) is 5.82 Å². The van der Waals surface area contributed by atoms with Gasteiger partial charge in [0.15, 0.2) is 11.0 Å². The number of fused-ring (bicyclic) bond motifs is 2. The van der Waals surface area contributed by atoms with Gasteiger partial charge in [-0.3, -0.25) is 19.6 Å². The number of aryl methyl sites for hydroxylation is 4. The van der Waals surface area contributed by atoms with Crippen LogP contribution in [0.25, 0.3) is 22.1 Å². The summed E-state index contributed by atoms with van der Waals surface area (Å²) in [6.45, 7) is 16.2. The van der Waals surface area contributed by atoms with Crippen LogP contribution in [0.4, 0.5) is 0 Å². The van der Waals surface area contributed by atoms with Crippen molar-refractivity contribution < 1.29 is 33.2 Å². The van der Waals surface area contributed by atoms with E-state index in [1.165, 1.54) is 4.90 Å². The van der Waals surface area contributed by atoms with Crippen LogP contribution in [0.15, 0.2) is 36.9 Å². The van der Waals surface area contributed by atoms with Gasteiger partial charge in [-0.2, -0.15) is 0 Å². The van der Waals surface area contributed by atoms with E-state index in [1.807, 2.05) is 58.2 Å². The summed E-state index contributed by atoms with van der Waals surface area (Å²) in [7, 11) is 0. The quantitative estimate of drug-likeness (QED) is 0.106. The number of aromatic amines is 1. The molecular weight excluding hydrogens is 664 g/mol. The molecule has 14 nitrogen and oxygen atoms in total. The standard InChI is InChI=1S/C38H54N8O6/c1-9-51-37(49)31(21-24(3)4)46(34(48)14-12-20-44-27(8)42-29-22-39-18-16-30(29)44)36(25(5)6)35(38(50)52-10-2)43-33(47)13-11-19-45-26(7)41-28-15-17-40-23-32(28)45/h15-18,22-25,31,35-36H,9-14,19-21H2,1-8H3,(H,43,47)/p+1/t31-,35-,36?/m0/s1. The summed E-state index contributed by atoms with van der Waals surface area (Å²) in [5, 5.41) is 2.93. The predicted octanol–water partition coefficient (Wildman–Crippen LogP) is 4.35. The number of carbonyl (C=O) groups excluding carboxylic acids is 4. The molecule has 0 radical (unpaired) electrons. The minimum absolute atomic E-state index is 0.0161. The molecule has 0 aliphatic carbocycles. The number of amides is 2. The topological polar surface area (TPSA) is 165 Å². The van der Waals surface area contributed by atoms with Crippen molar-refractivity contribution in [1.29, 1.82) is 0 Å². The smallest absolute Gasteiger partial charge is 0.330 e. The highest BCUT2D eigenvalue weighted by Gasteiger charge is 2.44. The van der Waals surface area contributed by atoms with Gasteiger partial charge in [-0.1, -0.05) is 27.7 Å². The van der Waals surface area contributed by atoms with Crippen LogP contribution in [-0.2, 0) is 41.7 Å². The van der Waals surface area contributed by atoms with E-state index < -0.39 is 30.1 Å². The molecule has 2 N–H and O–H groups in total. The van der Waals surface area contributed by atoms with Gasteiger partial charge in [-0.15, -0.1) is 0 Å². The molecule has 1 unspecified atom stereocenters. The van der Waals surface area contributed by atoms with Crippen molar-refractivity contribution in [3.63, 3.8) is 0 Å². The van der Waals surface area contributed by atoms with Crippen molar-refractivity contribution >= 4 is 45.8 Å². The molecule has 0 aromatic carbocycles. The van der Waals surface area contributed by atoms with Gasteiger partial charge >= 0.3 is 11.9 Å². The summed E-state index contributed by atoms with van der Waals surface area (Å²) in [5.74, 6) is -0.489. The molecule has 2 amide bonds. The number of esters is 2. The Morgan fingerprint density at radius 1 is 0.942 bits per heavy atom. The van der Waals surface area contributed by atoms with Gasteiger partial charge < -0.3 is 24.3 Å². The molecule has 14 heteroatoms. The Hall–Kier alpha value is -4.88. The number of ether oxygens (including phenoxy) is 2. The number of imidazole rings is 2. The minimum Gasteiger partial charge on any atom is -0.464 e. The Balaban J connectivity index is 1.62. The summed E-state index contributed by atoms with van der Waals surface area (Å²) < 4.78 is 15.1. The SMILES string of the molecule is CCOC(=O)[C@@H](NC(=O)CCC[n+]1c(C)[nH]c2ccncc21)C(C(C)C)N(C(=O)CCCn1c(C)nc2cnccc21)[C@@H](CC(C)C)C(=O)OCC. The van der Waals surface area contributed by atoms with Crippen molar-refractivity contribution in [3.05, 3.63) is 48.6 Å². The lowest BCUT2D eigenvalue weighted by Gasteiger charge is -2.42. The van der Waals surface area contributed by atoms with E-state index in [1.54, 1.807) is 38.6 Å². The van der Waals surface area contributed by atoms with E-state index in [0.29, 0.717) is 32.4 Å². The maximum atomic E-state index is 14.5. The Morgan fingerprint density at radius 3 is 2.33 bits per heavy atom. The van der Waals surface area contributed by atoms with Crippen molar-refractivity contribution in [1.82, 2.24) is 34.7 Å². The van der Waals surface area contributed by atoms with Gasteiger partial charge in [0.2, 0.25) is 11.8 Å². The first-order valence-corrected chi connectivity index (χ1v) is 18.4. The molecule has 4 aromatic rings. The Bertz CT molecular complexity index is 1830. The molecule has 4 rings (SSSR count). The molecule has 52 heavy (non-hydrogen) atoms. The fourth-order valence-electron chi connectivity index (χ4n) is 6.92. The van der Waals surface area contributed by atoms with Crippen LogP contribution in [0.2, 0.25) is 0 Å². The normalized spacial score (nSPS) is 13.3. The van der Waals surface area contributed by atoms with Crippen LogP contribution in [0, 0.1) is 25.7 Å². The number of aromatic nitrogens is 6. The van der Waals surface area contributed by atoms with Crippen molar-refractivity contribution in [2.45, 2.75) is 119 Å². The highest BCUT2D eigenvalue weighted by molar-refractivity contribution is 5.88. The lowest BCUT2D eigenvalue weighted by molar-refractivity contribution is -0.677. The van der Waals surface area contributed by atoms with Gasteiger partial charge in [-0.25, -0.2) is 24.1 Å². The number of carbonyl (C=O) groups is 4. The van der Waals surface area contributed by atoms with E-state index in [4.69, 9.17) is 9.47 Å². The number of H-pyrrole nitrogens is 1. The monoisotopic (exact) mass is 719 g/mol. The van der Waals surface area contributed by atoms with Crippen LogP contribution in [0.5, 0.6) is 0 Å². The Labute approximate surface area is 305 Å². The summed E-state index contributed by atoms with van der Waals surface area (Å²) >= 11 is 0. The van der Waals surface area contributed by atoms with Crippen molar-refractivity contribution in [2.24, 2.45) is 11.8 Å². The van der Waals surface area contributed by atoms with E-state index in [-0.39, 0.29) is 49.7 Å². The molecular formula is C38H55N8O6+. The predicted molar refractivity (Wildman–Crippen MR) is 196 cm³/mol. The highest BCUT2D eigenvalue weighted by Crippen LogP contribution is 2.26. The fourth-order valence-corrected chi connectivity index (χ4v) is 6.92. The van der Waals surface area contributed by atoms with Gasteiger partial charge in [0.05, 0.1) is 43.7 Å². The second-order valence-corrected chi connectivity index (χ2v) is 13.9. The van der Waals surface area contributed by atoms with Gasteiger partial charge in [0.1, 0.15) is 23.4 Å². The molecule has 0 bridgehead atoms. The second kappa shape index (κ2) is 18.6. The van der Waals surface area contributed by atoms with Gasteiger partial charge in [0, 0.05) is 44.8 Å². The van der Waals surface area contributed by atoms with Crippen LogP contribution < -0.4 is 9.88 Å². The molecule has 0 spiro atoms.